The summed E-state index contributed by atoms with van der Waals surface area (Å²) in [6.45, 7) is 1.34. The second kappa shape index (κ2) is 8.38. The van der Waals surface area contributed by atoms with Crippen molar-refractivity contribution in [2.45, 2.75) is 17.9 Å². The highest BCUT2D eigenvalue weighted by atomic mass is 35.5. The number of hydrogen-bond donors (Lipinski definition) is 1. The van der Waals surface area contributed by atoms with E-state index in [4.69, 9.17) is 11.6 Å². The van der Waals surface area contributed by atoms with Gasteiger partial charge in [0.05, 0.1) is 11.4 Å². The number of rotatable bonds is 6. The van der Waals surface area contributed by atoms with Gasteiger partial charge in [-0.2, -0.15) is 0 Å². The molecule has 5 nitrogen and oxygen atoms in total. The van der Waals surface area contributed by atoms with E-state index in [0.717, 1.165) is 0 Å². The Balaban J connectivity index is 1.69. The average molecular weight is 439 g/mol. The summed E-state index contributed by atoms with van der Waals surface area (Å²) in [4.78, 5) is 16.6. The van der Waals surface area contributed by atoms with Crippen LogP contribution in [0.3, 0.4) is 0 Å². The molecule has 1 N–H and O–H groups in total. The third kappa shape index (κ3) is 4.95. The maximum atomic E-state index is 13.0. The summed E-state index contributed by atoms with van der Waals surface area (Å²) in [5.41, 5.74) is 1.50. The van der Waals surface area contributed by atoms with Gasteiger partial charge in [-0.1, -0.05) is 11.6 Å². The number of amides is 1. The Hall–Kier alpha value is -2.29. The first kappa shape index (κ1) is 20.4. The molecule has 0 bridgehead atoms. The van der Waals surface area contributed by atoms with Gasteiger partial charge in [0.2, 0.25) is 5.91 Å². The standard InChI is InChI=1S/C19H16ClFN2O3S2/c1-12(18(24)22-16-8-4-14(20)5-9-16)28(25,26)11-17-10-27-19(23-17)13-2-6-15(21)7-3-13/h2-10,12H,11H2,1H3,(H,22,24). The predicted molar refractivity (Wildman–Crippen MR) is 110 cm³/mol. The van der Waals surface area contributed by atoms with Crippen LogP contribution in [-0.4, -0.2) is 24.6 Å². The predicted octanol–water partition coefficient (Wildman–Crippen LogP) is 4.54. The number of sulfone groups is 1. The largest absolute Gasteiger partial charge is 0.325 e. The van der Waals surface area contributed by atoms with E-state index >= 15 is 0 Å². The first-order chi connectivity index (χ1) is 13.2. The number of carbonyl (C=O) groups is 1. The van der Waals surface area contributed by atoms with E-state index in [2.05, 4.69) is 10.3 Å². The van der Waals surface area contributed by atoms with Crippen molar-refractivity contribution in [3.8, 4) is 10.6 Å². The number of halogens is 2. The smallest absolute Gasteiger partial charge is 0.242 e. The molecule has 0 spiro atoms. The highest BCUT2D eigenvalue weighted by Gasteiger charge is 2.29. The van der Waals surface area contributed by atoms with E-state index < -0.39 is 21.0 Å². The Kier molecular flexibility index (Phi) is 6.12. The lowest BCUT2D eigenvalue weighted by atomic mass is 10.2. The first-order valence-electron chi connectivity index (χ1n) is 8.23. The lowest BCUT2D eigenvalue weighted by molar-refractivity contribution is -0.115. The van der Waals surface area contributed by atoms with Crippen LogP contribution < -0.4 is 5.32 Å². The molecule has 1 atom stereocenters. The number of thiazole rings is 1. The summed E-state index contributed by atoms with van der Waals surface area (Å²) in [7, 11) is -3.77. The normalized spacial score (nSPS) is 12.5. The summed E-state index contributed by atoms with van der Waals surface area (Å²) in [5, 5.41) is 4.04. The van der Waals surface area contributed by atoms with Gasteiger partial charge in [0.1, 0.15) is 16.1 Å². The van der Waals surface area contributed by atoms with Crippen molar-refractivity contribution in [2.75, 3.05) is 5.32 Å². The minimum Gasteiger partial charge on any atom is -0.325 e. The fourth-order valence-corrected chi connectivity index (χ4v) is 4.62. The molecule has 0 radical (unpaired) electrons. The minimum atomic E-state index is -3.77. The molecule has 146 valence electrons. The molecule has 0 saturated heterocycles. The quantitative estimate of drug-likeness (QED) is 0.612. The SMILES string of the molecule is CC(C(=O)Nc1ccc(Cl)cc1)S(=O)(=O)Cc1csc(-c2ccc(F)cc2)n1. The molecule has 1 unspecified atom stereocenters. The Labute approximate surface area is 171 Å². The van der Waals surface area contributed by atoms with Gasteiger partial charge in [-0.05, 0) is 55.5 Å². The van der Waals surface area contributed by atoms with Gasteiger partial charge >= 0.3 is 0 Å². The fraction of sp³-hybridized carbons (Fsp3) is 0.158. The molecular formula is C19H16ClFN2O3S2. The van der Waals surface area contributed by atoms with Crippen molar-refractivity contribution in [2.24, 2.45) is 0 Å². The first-order valence-corrected chi connectivity index (χ1v) is 11.2. The molecule has 0 aliphatic heterocycles. The maximum Gasteiger partial charge on any atom is 0.242 e. The second-order valence-electron chi connectivity index (χ2n) is 6.10. The van der Waals surface area contributed by atoms with Crippen LogP contribution in [0.15, 0.2) is 53.9 Å². The number of carbonyl (C=O) groups excluding carboxylic acids is 1. The molecule has 0 saturated carbocycles. The van der Waals surface area contributed by atoms with Gasteiger partial charge in [-0.15, -0.1) is 11.3 Å². The fourth-order valence-electron chi connectivity index (χ4n) is 2.37. The van der Waals surface area contributed by atoms with Crippen LogP contribution in [0.25, 0.3) is 10.6 Å². The summed E-state index contributed by atoms with van der Waals surface area (Å²) in [5.74, 6) is -1.35. The van der Waals surface area contributed by atoms with Gasteiger partial charge in [0.15, 0.2) is 9.84 Å². The highest BCUT2D eigenvalue weighted by Crippen LogP contribution is 2.25. The van der Waals surface area contributed by atoms with E-state index in [-0.39, 0.29) is 11.6 Å². The highest BCUT2D eigenvalue weighted by molar-refractivity contribution is 7.92. The second-order valence-corrected chi connectivity index (χ2v) is 9.71. The van der Waals surface area contributed by atoms with Gasteiger partial charge < -0.3 is 5.32 Å². The molecule has 1 aromatic heterocycles. The van der Waals surface area contributed by atoms with E-state index in [1.54, 1.807) is 41.8 Å². The third-order valence-corrected chi connectivity index (χ3v) is 7.19. The molecule has 0 aliphatic rings. The summed E-state index contributed by atoms with van der Waals surface area (Å²) < 4.78 is 38.2. The van der Waals surface area contributed by atoms with Crippen LogP contribution in [0.5, 0.6) is 0 Å². The number of nitrogens with one attached hydrogen (secondary N) is 1. The van der Waals surface area contributed by atoms with Crippen molar-refractivity contribution in [1.82, 2.24) is 4.98 Å². The van der Waals surface area contributed by atoms with Crippen LogP contribution in [-0.2, 0) is 20.4 Å². The number of hydrogen-bond acceptors (Lipinski definition) is 5. The Morgan fingerprint density at radius 1 is 1.18 bits per heavy atom. The Morgan fingerprint density at radius 3 is 2.46 bits per heavy atom. The van der Waals surface area contributed by atoms with Crippen molar-refractivity contribution in [1.29, 1.82) is 0 Å². The van der Waals surface area contributed by atoms with E-state index in [0.29, 0.717) is 27.0 Å². The minimum absolute atomic E-state index is 0.343. The monoisotopic (exact) mass is 438 g/mol. The lowest BCUT2D eigenvalue weighted by Crippen LogP contribution is -2.33. The molecule has 9 heteroatoms. The zero-order valence-corrected chi connectivity index (χ0v) is 17.1. The molecule has 3 aromatic rings. The van der Waals surface area contributed by atoms with Crippen molar-refractivity contribution < 1.29 is 17.6 Å². The summed E-state index contributed by atoms with van der Waals surface area (Å²) in [6, 6.07) is 12.2. The van der Waals surface area contributed by atoms with E-state index in [1.807, 2.05) is 0 Å². The third-order valence-electron chi connectivity index (χ3n) is 4.01. The number of nitrogens with zero attached hydrogens (tertiary/aromatic N) is 1. The Bertz CT molecular complexity index is 1080. The topological polar surface area (TPSA) is 76.1 Å². The van der Waals surface area contributed by atoms with Gasteiger partial charge in [0, 0.05) is 21.7 Å². The van der Waals surface area contributed by atoms with Gasteiger partial charge in [0.25, 0.3) is 0 Å². The van der Waals surface area contributed by atoms with Gasteiger partial charge in [-0.25, -0.2) is 17.8 Å². The van der Waals surface area contributed by atoms with Crippen molar-refractivity contribution in [3.05, 3.63) is 70.4 Å². The zero-order chi connectivity index (χ0) is 20.3. The number of aromatic nitrogens is 1. The molecule has 28 heavy (non-hydrogen) atoms. The average Bonchev–Trinajstić information content (AvgIpc) is 3.11. The number of anilines is 1. The van der Waals surface area contributed by atoms with Crippen LogP contribution in [0, 0.1) is 5.82 Å². The maximum absolute atomic E-state index is 13.0. The van der Waals surface area contributed by atoms with Crippen molar-refractivity contribution >= 4 is 44.4 Å². The summed E-state index contributed by atoms with van der Waals surface area (Å²) in [6.07, 6.45) is 0. The molecule has 0 fully saturated rings. The summed E-state index contributed by atoms with van der Waals surface area (Å²) >= 11 is 7.06. The molecule has 0 aliphatic carbocycles. The van der Waals surface area contributed by atoms with Crippen LogP contribution >= 0.6 is 22.9 Å². The van der Waals surface area contributed by atoms with Gasteiger partial charge in [-0.3, -0.25) is 4.79 Å². The molecule has 3 rings (SSSR count). The van der Waals surface area contributed by atoms with Crippen LogP contribution in [0.2, 0.25) is 5.02 Å². The lowest BCUT2D eigenvalue weighted by Gasteiger charge is -2.12. The zero-order valence-electron chi connectivity index (χ0n) is 14.7. The Morgan fingerprint density at radius 2 is 1.82 bits per heavy atom. The number of benzene rings is 2. The molecular weight excluding hydrogens is 423 g/mol. The van der Waals surface area contributed by atoms with E-state index in [1.165, 1.54) is 30.4 Å². The molecule has 2 aromatic carbocycles. The van der Waals surface area contributed by atoms with E-state index in [9.17, 15) is 17.6 Å². The van der Waals surface area contributed by atoms with Crippen LogP contribution in [0.1, 0.15) is 12.6 Å². The van der Waals surface area contributed by atoms with Crippen LogP contribution in [0.4, 0.5) is 10.1 Å². The van der Waals surface area contributed by atoms with Crippen molar-refractivity contribution in [3.63, 3.8) is 0 Å². The molecule has 1 amide bonds. The molecule has 1 heterocycles.